The van der Waals surface area contributed by atoms with Crippen LogP contribution in [0.2, 0.25) is 0 Å². The van der Waals surface area contributed by atoms with Gasteiger partial charge in [0, 0.05) is 37.6 Å². The molecule has 0 spiro atoms. The van der Waals surface area contributed by atoms with Crippen LogP contribution in [0.3, 0.4) is 0 Å². The fourth-order valence-corrected chi connectivity index (χ4v) is 5.31. The Kier molecular flexibility index (Phi) is 5.61. The number of fused-ring (bicyclic) bond motifs is 2. The molecule has 1 aromatic heterocycles. The Morgan fingerprint density at radius 3 is 2.17 bits per heavy atom. The molecular weight excluding hydrogens is 374 g/mol. The average molecular weight is 396 g/mol. The highest BCUT2D eigenvalue weighted by molar-refractivity contribution is 7.90. The van der Waals surface area contributed by atoms with E-state index in [9.17, 15) is 16.8 Å². The summed E-state index contributed by atoms with van der Waals surface area (Å²) in [5.41, 5.74) is 0. The molecule has 3 heterocycles. The van der Waals surface area contributed by atoms with Crippen molar-refractivity contribution in [3.63, 3.8) is 0 Å². The highest BCUT2D eigenvalue weighted by Crippen LogP contribution is 2.31. The second-order valence-corrected chi connectivity index (χ2v) is 10.3. The fraction of sp³-hybridized carbons (Fsp3) is 0.643. The van der Waals surface area contributed by atoms with Gasteiger partial charge in [-0.3, -0.25) is 0 Å². The van der Waals surface area contributed by atoms with Gasteiger partial charge in [-0.1, -0.05) is 0 Å². The van der Waals surface area contributed by atoms with Crippen molar-refractivity contribution in [2.24, 2.45) is 0 Å². The number of pyridine rings is 1. The smallest absolute Gasteiger partial charge is 0.244 e. The first-order chi connectivity index (χ1) is 10.7. The standard InChI is InChI=1S/C14H21N3O4S2.ClH/c1-17(12-7-10-3-4-11(8-12)16-10)23(20,21)13-5-6-14(15-9-13)22(2,18)19;/h5-6,9-12,16H,3-4,7-8H2,1-2H3;1H. The summed E-state index contributed by atoms with van der Waals surface area (Å²) in [5.74, 6) is 0. The van der Waals surface area contributed by atoms with E-state index in [-0.39, 0.29) is 28.4 Å². The van der Waals surface area contributed by atoms with Crippen molar-refractivity contribution in [2.45, 2.75) is 53.7 Å². The van der Waals surface area contributed by atoms with E-state index < -0.39 is 19.9 Å². The second kappa shape index (κ2) is 6.87. The molecule has 136 valence electrons. The van der Waals surface area contributed by atoms with Gasteiger partial charge in [0.2, 0.25) is 10.0 Å². The lowest BCUT2D eigenvalue weighted by Gasteiger charge is -2.34. The van der Waals surface area contributed by atoms with Crippen LogP contribution in [0.25, 0.3) is 0 Å². The van der Waals surface area contributed by atoms with Gasteiger partial charge in [-0.25, -0.2) is 21.8 Å². The molecule has 7 nitrogen and oxygen atoms in total. The van der Waals surface area contributed by atoms with Gasteiger partial charge >= 0.3 is 0 Å². The molecule has 3 rings (SSSR count). The van der Waals surface area contributed by atoms with Crippen LogP contribution in [-0.4, -0.2) is 57.6 Å². The summed E-state index contributed by atoms with van der Waals surface area (Å²) in [6.07, 6.45) is 5.97. The third-order valence-corrected chi connectivity index (χ3v) is 7.62. The van der Waals surface area contributed by atoms with Gasteiger partial charge in [0.05, 0.1) is 0 Å². The number of rotatable bonds is 4. The lowest BCUT2D eigenvalue weighted by Crippen LogP contribution is -2.48. The van der Waals surface area contributed by atoms with E-state index >= 15 is 0 Å². The molecule has 0 amide bonds. The SMILES string of the molecule is CN(C1CC2CCC(C1)N2)S(=O)(=O)c1ccc(S(C)(=O)=O)nc1.Cl. The first kappa shape index (κ1) is 19.6. The quantitative estimate of drug-likeness (QED) is 0.810. The third-order valence-electron chi connectivity index (χ3n) is 4.73. The van der Waals surface area contributed by atoms with Gasteiger partial charge in [-0.05, 0) is 37.8 Å². The van der Waals surface area contributed by atoms with Crippen LogP contribution in [0.15, 0.2) is 28.3 Å². The second-order valence-electron chi connectivity index (χ2n) is 6.39. The molecule has 10 heteroatoms. The Balaban J connectivity index is 0.00000208. The van der Waals surface area contributed by atoms with Crippen LogP contribution >= 0.6 is 12.4 Å². The van der Waals surface area contributed by atoms with Crippen molar-refractivity contribution in [3.05, 3.63) is 18.3 Å². The van der Waals surface area contributed by atoms with Gasteiger partial charge in [0.1, 0.15) is 4.90 Å². The van der Waals surface area contributed by atoms with Gasteiger partial charge in [-0.15, -0.1) is 12.4 Å². The molecule has 0 aromatic carbocycles. The highest BCUT2D eigenvalue weighted by atomic mass is 35.5. The number of sulfone groups is 1. The molecule has 1 N–H and O–H groups in total. The van der Waals surface area contributed by atoms with E-state index in [1.165, 1.54) is 16.4 Å². The minimum Gasteiger partial charge on any atom is -0.311 e. The van der Waals surface area contributed by atoms with Gasteiger partial charge in [0.25, 0.3) is 0 Å². The van der Waals surface area contributed by atoms with E-state index in [2.05, 4.69) is 10.3 Å². The first-order valence-corrected chi connectivity index (χ1v) is 10.9. The zero-order valence-electron chi connectivity index (χ0n) is 13.5. The molecule has 0 radical (unpaired) electrons. The molecular formula is C14H22ClN3O4S2. The van der Waals surface area contributed by atoms with Crippen molar-refractivity contribution in [1.82, 2.24) is 14.6 Å². The lowest BCUT2D eigenvalue weighted by atomic mass is 10.0. The van der Waals surface area contributed by atoms with Crippen LogP contribution in [0.5, 0.6) is 0 Å². The summed E-state index contributed by atoms with van der Waals surface area (Å²) >= 11 is 0. The largest absolute Gasteiger partial charge is 0.311 e. The number of aromatic nitrogens is 1. The van der Waals surface area contributed by atoms with Crippen LogP contribution in [0, 0.1) is 0 Å². The van der Waals surface area contributed by atoms with Gasteiger partial charge in [0.15, 0.2) is 14.9 Å². The van der Waals surface area contributed by atoms with Gasteiger partial charge in [-0.2, -0.15) is 4.31 Å². The van der Waals surface area contributed by atoms with Crippen LogP contribution in [0.4, 0.5) is 0 Å². The van der Waals surface area contributed by atoms with E-state index in [0.717, 1.165) is 38.1 Å². The summed E-state index contributed by atoms with van der Waals surface area (Å²) in [7, 11) is -5.52. The molecule has 2 atom stereocenters. The Morgan fingerprint density at radius 2 is 1.71 bits per heavy atom. The zero-order chi connectivity index (χ0) is 16.8. The molecule has 2 bridgehead atoms. The Morgan fingerprint density at radius 1 is 1.12 bits per heavy atom. The molecule has 0 aliphatic carbocycles. The number of halogens is 1. The maximum absolute atomic E-state index is 12.7. The Hall–Kier alpha value is -0.740. The van der Waals surface area contributed by atoms with Gasteiger partial charge < -0.3 is 5.32 Å². The lowest BCUT2D eigenvalue weighted by molar-refractivity contribution is 0.251. The normalized spacial score (nSPS) is 27.0. The van der Waals surface area contributed by atoms with Crippen molar-refractivity contribution in [2.75, 3.05) is 13.3 Å². The molecule has 2 fully saturated rings. The number of nitrogens with one attached hydrogen (secondary N) is 1. The summed E-state index contributed by atoms with van der Waals surface area (Å²) in [6, 6.07) is 3.30. The number of hydrogen-bond donors (Lipinski definition) is 1. The van der Waals surface area contributed by atoms with E-state index in [1.807, 2.05) is 0 Å². The fourth-order valence-electron chi connectivity index (χ4n) is 3.43. The molecule has 2 aliphatic rings. The van der Waals surface area contributed by atoms with E-state index in [0.29, 0.717) is 12.1 Å². The van der Waals surface area contributed by atoms with Crippen molar-refractivity contribution >= 4 is 32.3 Å². The monoisotopic (exact) mass is 395 g/mol. The van der Waals surface area contributed by atoms with Crippen molar-refractivity contribution in [3.8, 4) is 0 Å². The number of hydrogen-bond acceptors (Lipinski definition) is 6. The average Bonchev–Trinajstić information content (AvgIpc) is 2.84. The predicted octanol–water partition coefficient (Wildman–Crippen LogP) is 0.810. The summed E-state index contributed by atoms with van der Waals surface area (Å²) in [6.45, 7) is 0. The van der Waals surface area contributed by atoms with Crippen LogP contribution < -0.4 is 5.32 Å². The molecule has 0 saturated carbocycles. The number of sulfonamides is 1. The topological polar surface area (TPSA) is 96.4 Å². The van der Waals surface area contributed by atoms with Crippen molar-refractivity contribution in [1.29, 1.82) is 0 Å². The summed E-state index contributed by atoms with van der Waals surface area (Å²) in [5, 5.41) is 3.36. The Labute approximate surface area is 149 Å². The predicted molar refractivity (Wildman–Crippen MR) is 92.5 cm³/mol. The number of piperidine rings is 1. The van der Waals surface area contributed by atoms with E-state index in [4.69, 9.17) is 0 Å². The first-order valence-electron chi connectivity index (χ1n) is 7.58. The maximum atomic E-state index is 12.7. The minimum atomic E-state index is -3.67. The minimum absolute atomic E-state index is 0. The van der Waals surface area contributed by atoms with Crippen LogP contribution in [0.1, 0.15) is 25.7 Å². The van der Waals surface area contributed by atoms with Crippen molar-refractivity contribution < 1.29 is 16.8 Å². The number of nitrogens with zero attached hydrogens (tertiary/aromatic N) is 2. The summed E-state index contributed by atoms with van der Waals surface area (Å²) < 4.78 is 49.7. The maximum Gasteiger partial charge on any atom is 0.244 e. The highest BCUT2D eigenvalue weighted by Gasteiger charge is 2.38. The van der Waals surface area contributed by atoms with E-state index in [1.54, 1.807) is 7.05 Å². The molecule has 2 unspecified atom stereocenters. The molecule has 1 aromatic rings. The molecule has 24 heavy (non-hydrogen) atoms. The zero-order valence-corrected chi connectivity index (χ0v) is 16.0. The molecule has 2 aliphatic heterocycles. The Bertz CT molecular complexity index is 784. The third kappa shape index (κ3) is 3.75. The molecule has 2 saturated heterocycles. The van der Waals surface area contributed by atoms with Crippen LogP contribution in [-0.2, 0) is 19.9 Å². The summed E-state index contributed by atoms with van der Waals surface area (Å²) in [4.78, 5) is 3.81.